The maximum atomic E-state index is 11.6. The van der Waals surface area contributed by atoms with Crippen LogP contribution in [0.15, 0.2) is 12.1 Å². The van der Waals surface area contributed by atoms with E-state index in [2.05, 4.69) is 33.0 Å². The first-order valence-electron chi connectivity index (χ1n) is 7.42. The molecular weight excluding hydrogens is 316 g/mol. The third kappa shape index (κ3) is 5.33. The van der Waals surface area contributed by atoms with E-state index in [9.17, 15) is 13.2 Å². The number of H-pyrrole nitrogens is 1. The lowest BCUT2D eigenvalue weighted by Crippen LogP contribution is -2.31. The van der Waals surface area contributed by atoms with Gasteiger partial charge in [0.1, 0.15) is 5.82 Å². The summed E-state index contributed by atoms with van der Waals surface area (Å²) < 4.78 is 24.1. The highest BCUT2D eigenvalue weighted by Gasteiger charge is 2.07. The Balaban J connectivity index is 1.81. The number of amides is 1. The largest absolute Gasteiger partial charge is 0.356 e. The summed E-state index contributed by atoms with van der Waals surface area (Å²) in [6.45, 7) is 4.66. The molecule has 0 aliphatic heterocycles. The van der Waals surface area contributed by atoms with Crippen molar-refractivity contribution in [1.29, 1.82) is 0 Å². The molecule has 126 valence electrons. The average Bonchev–Trinajstić information content (AvgIpc) is 2.79. The molecule has 1 amide bonds. The van der Waals surface area contributed by atoms with Crippen molar-refractivity contribution in [1.82, 2.24) is 20.0 Å². The second kappa shape index (κ2) is 7.10. The Bertz CT molecular complexity index is 772. The maximum Gasteiger partial charge on any atom is 0.221 e. The fraction of sp³-hybridized carbons (Fsp3) is 0.467. The number of imidazole rings is 1. The SMILES string of the molecule is Cc1cc2nc(CCNC(=O)CCNS(C)(=O)=O)[nH]c2cc1C. The molecular formula is C15H22N4O3S. The molecule has 2 aromatic rings. The number of rotatable bonds is 7. The predicted octanol–water partition coefficient (Wildman–Crippen LogP) is 0.778. The van der Waals surface area contributed by atoms with E-state index in [0.29, 0.717) is 13.0 Å². The van der Waals surface area contributed by atoms with Crippen molar-refractivity contribution < 1.29 is 13.2 Å². The van der Waals surface area contributed by atoms with Gasteiger partial charge in [0.25, 0.3) is 0 Å². The second-order valence-electron chi connectivity index (χ2n) is 5.65. The van der Waals surface area contributed by atoms with Gasteiger partial charge in [-0.2, -0.15) is 0 Å². The van der Waals surface area contributed by atoms with Gasteiger partial charge in [-0.25, -0.2) is 18.1 Å². The molecule has 0 atom stereocenters. The molecule has 1 aromatic heterocycles. The minimum absolute atomic E-state index is 0.105. The molecule has 1 heterocycles. The van der Waals surface area contributed by atoms with Crippen LogP contribution in [0.25, 0.3) is 11.0 Å². The van der Waals surface area contributed by atoms with Crippen LogP contribution in [0, 0.1) is 13.8 Å². The van der Waals surface area contributed by atoms with Crippen LogP contribution in [0.4, 0.5) is 0 Å². The van der Waals surface area contributed by atoms with Crippen LogP contribution in [0.1, 0.15) is 23.4 Å². The number of fused-ring (bicyclic) bond motifs is 1. The number of carbonyl (C=O) groups is 1. The number of sulfonamides is 1. The van der Waals surface area contributed by atoms with E-state index in [1.54, 1.807) is 0 Å². The van der Waals surface area contributed by atoms with Gasteiger partial charge in [-0.15, -0.1) is 0 Å². The molecule has 7 nitrogen and oxygen atoms in total. The molecule has 1 aromatic carbocycles. The Labute approximate surface area is 135 Å². The first-order valence-corrected chi connectivity index (χ1v) is 9.31. The third-order valence-electron chi connectivity index (χ3n) is 3.55. The minimum Gasteiger partial charge on any atom is -0.356 e. The van der Waals surface area contributed by atoms with Crippen molar-refractivity contribution in [2.24, 2.45) is 0 Å². The first kappa shape index (κ1) is 17.4. The third-order valence-corrected chi connectivity index (χ3v) is 4.28. The summed E-state index contributed by atoms with van der Waals surface area (Å²) in [4.78, 5) is 19.4. The molecule has 0 aliphatic rings. The summed E-state index contributed by atoms with van der Waals surface area (Å²) in [6, 6.07) is 4.11. The van der Waals surface area contributed by atoms with E-state index in [1.807, 2.05) is 13.0 Å². The molecule has 0 radical (unpaired) electrons. The van der Waals surface area contributed by atoms with Gasteiger partial charge in [0.15, 0.2) is 0 Å². The predicted molar refractivity (Wildman–Crippen MR) is 89.7 cm³/mol. The molecule has 0 bridgehead atoms. The number of hydrogen-bond donors (Lipinski definition) is 3. The number of nitrogens with one attached hydrogen (secondary N) is 3. The second-order valence-corrected chi connectivity index (χ2v) is 7.49. The van der Waals surface area contributed by atoms with Gasteiger partial charge in [0.2, 0.25) is 15.9 Å². The molecule has 23 heavy (non-hydrogen) atoms. The fourth-order valence-corrected chi connectivity index (χ4v) is 2.67. The van der Waals surface area contributed by atoms with Gasteiger partial charge in [-0.05, 0) is 37.1 Å². The molecule has 0 aliphatic carbocycles. The molecule has 0 spiro atoms. The normalized spacial score (nSPS) is 11.8. The molecule has 0 saturated carbocycles. The van der Waals surface area contributed by atoms with Crippen LogP contribution < -0.4 is 10.0 Å². The highest BCUT2D eigenvalue weighted by atomic mass is 32.2. The lowest BCUT2D eigenvalue weighted by atomic mass is 10.1. The van der Waals surface area contributed by atoms with Crippen LogP contribution in [0.3, 0.4) is 0 Å². The number of nitrogens with zero attached hydrogens (tertiary/aromatic N) is 1. The average molecular weight is 338 g/mol. The van der Waals surface area contributed by atoms with Gasteiger partial charge in [0.05, 0.1) is 17.3 Å². The van der Waals surface area contributed by atoms with E-state index in [4.69, 9.17) is 0 Å². The lowest BCUT2D eigenvalue weighted by Gasteiger charge is -2.04. The van der Waals surface area contributed by atoms with E-state index < -0.39 is 10.0 Å². The molecule has 0 fully saturated rings. The fourth-order valence-electron chi connectivity index (χ4n) is 2.20. The van der Waals surface area contributed by atoms with Crippen molar-refractivity contribution in [2.45, 2.75) is 26.7 Å². The lowest BCUT2D eigenvalue weighted by molar-refractivity contribution is -0.120. The van der Waals surface area contributed by atoms with E-state index in [-0.39, 0.29) is 18.9 Å². The Morgan fingerprint density at radius 1 is 1.22 bits per heavy atom. The number of hydrogen-bond acceptors (Lipinski definition) is 4. The van der Waals surface area contributed by atoms with Crippen LogP contribution in [-0.2, 0) is 21.2 Å². The zero-order valence-corrected chi connectivity index (χ0v) is 14.4. The molecule has 2 rings (SSSR count). The van der Waals surface area contributed by atoms with Gasteiger partial charge in [-0.3, -0.25) is 4.79 Å². The van der Waals surface area contributed by atoms with E-state index >= 15 is 0 Å². The zero-order chi connectivity index (χ0) is 17.0. The minimum atomic E-state index is -3.25. The van der Waals surface area contributed by atoms with Crippen LogP contribution in [-0.4, -0.2) is 43.6 Å². The van der Waals surface area contributed by atoms with Crippen LogP contribution >= 0.6 is 0 Å². The Kier molecular flexibility index (Phi) is 5.38. The van der Waals surface area contributed by atoms with Gasteiger partial charge >= 0.3 is 0 Å². The number of benzene rings is 1. The first-order chi connectivity index (χ1) is 10.7. The summed E-state index contributed by atoms with van der Waals surface area (Å²) in [7, 11) is -3.25. The Morgan fingerprint density at radius 2 is 1.91 bits per heavy atom. The zero-order valence-electron chi connectivity index (χ0n) is 13.6. The molecule has 0 unspecified atom stereocenters. The van der Waals surface area contributed by atoms with Gasteiger partial charge in [0, 0.05) is 25.9 Å². The summed E-state index contributed by atoms with van der Waals surface area (Å²) in [6.07, 6.45) is 1.78. The Morgan fingerprint density at radius 3 is 2.61 bits per heavy atom. The standard InChI is InChI=1S/C15H22N4O3S/c1-10-8-12-13(9-11(10)2)19-14(18-12)4-6-16-15(20)5-7-17-23(3,21)22/h8-9,17H,4-7H2,1-3H3,(H,16,20)(H,18,19). The van der Waals surface area contributed by atoms with E-state index in [1.165, 1.54) is 11.1 Å². The molecule has 0 saturated heterocycles. The van der Waals surface area contributed by atoms with Crippen molar-refractivity contribution in [2.75, 3.05) is 19.3 Å². The summed E-state index contributed by atoms with van der Waals surface area (Å²) in [5.41, 5.74) is 4.32. The van der Waals surface area contributed by atoms with Crippen molar-refractivity contribution >= 4 is 27.0 Å². The number of aromatic nitrogens is 2. The van der Waals surface area contributed by atoms with Crippen molar-refractivity contribution in [3.8, 4) is 0 Å². The van der Waals surface area contributed by atoms with Crippen molar-refractivity contribution in [3.05, 3.63) is 29.1 Å². The number of aromatic amines is 1. The summed E-state index contributed by atoms with van der Waals surface area (Å²) in [5, 5.41) is 2.75. The summed E-state index contributed by atoms with van der Waals surface area (Å²) >= 11 is 0. The van der Waals surface area contributed by atoms with Gasteiger partial charge in [-0.1, -0.05) is 0 Å². The quantitative estimate of drug-likeness (QED) is 0.694. The monoisotopic (exact) mass is 338 g/mol. The molecule has 3 N–H and O–H groups in total. The maximum absolute atomic E-state index is 11.6. The number of carbonyl (C=O) groups excluding carboxylic acids is 1. The van der Waals surface area contributed by atoms with E-state index in [0.717, 1.165) is 23.1 Å². The smallest absolute Gasteiger partial charge is 0.221 e. The topological polar surface area (TPSA) is 104 Å². The summed E-state index contributed by atoms with van der Waals surface area (Å²) in [5.74, 6) is 0.628. The highest BCUT2D eigenvalue weighted by molar-refractivity contribution is 7.88. The van der Waals surface area contributed by atoms with Gasteiger partial charge < -0.3 is 10.3 Å². The number of aryl methyl sites for hydroxylation is 2. The Hall–Kier alpha value is -1.93. The van der Waals surface area contributed by atoms with Crippen LogP contribution in [0.5, 0.6) is 0 Å². The van der Waals surface area contributed by atoms with Crippen LogP contribution in [0.2, 0.25) is 0 Å². The highest BCUT2D eigenvalue weighted by Crippen LogP contribution is 2.17. The van der Waals surface area contributed by atoms with Crippen molar-refractivity contribution in [3.63, 3.8) is 0 Å². The molecule has 8 heteroatoms.